The van der Waals surface area contributed by atoms with E-state index < -0.39 is 0 Å². The number of aliphatic hydroxyl groups excluding tert-OH is 1. The van der Waals surface area contributed by atoms with Crippen molar-refractivity contribution < 1.29 is 14.6 Å². The topological polar surface area (TPSA) is 46.5 Å². The van der Waals surface area contributed by atoms with Gasteiger partial charge >= 0.3 is 0 Å². The van der Waals surface area contributed by atoms with E-state index in [4.69, 9.17) is 21.4 Å². The van der Waals surface area contributed by atoms with Crippen molar-refractivity contribution in [2.45, 2.75) is 6.92 Å². The molecule has 1 N–H and O–H groups in total. The van der Waals surface area contributed by atoms with E-state index in [0.717, 1.165) is 0 Å². The van der Waals surface area contributed by atoms with Crippen LogP contribution in [0.5, 0.6) is 5.75 Å². The molecule has 0 heterocycles. The van der Waals surface area contributed by atoms with Gasteiger partial charge < -0.3 is 9.84 Å². The minimum absolute atomic E-state index is 0.0418. The number of aliphatic hydroxyl groups is 1. The lowest BCUT2D eigenvalue weighted by Gasteiger charge is -2.11. The van der Waals surface area contributed by atoms with Gasteiger partial charge in [0.15, 0.2) is 6.29 Å². The van der Waals surface area contributed by atoms with Crippen molar-refractivity contribution in [1.82, 2.24) is 0 Å². The lowest BCUT2D eigenvalue weighted by molar-refractivity contribution is 0.111. The van der Waals surface area contributed by atoms with E-state index in [1.54, 1.807) is 18.2 Å². The van der Waals surface area contributed by atoms with Gasteiger partial charge in [0.2, 0.25) is 0 Å². The molecule has 0 saturated carbocycles. The molecule has 1 rings (SSSR count). The van der Waals surface area contributed by atoms with Gasteiger partial charge in [-0.3, -0.25) is 4.79 Å². The monoisotopic (exact) mass is 228 g/mol. The number of benzene rings is 1. The highest BCUT2D eigenvalue weighted by Crippen LogP contribution is 2.21. The Bertz CT molecular complexity index is 339. The van der Waals surface area contributed by atoms with Crippen LogP contribution in [0.1, 0.15) is 17.3 Å². The maximum Gasteiger partial charge on any atom is 0.153 e. The molecule has 15 heavy (non-hydrogen) atoms. The summed E-state index contributed by atoms with van der Waals surface area (Å²) in [6.45, 7) is 2.29. The Morgan fingerprint density at radius 1 is 1.60 bits per heavy atom. The van der Waals surface area contributed by atoms with Crippen LogP contribution in [-0.2, 0) is 0 Å². The molecule has 0 spiro atoms. The second kappa shape index (κ2) is 5.73. The summed E-state index contributed by atoms with van der Waals surface area (Å²) in [5.74, 6) is 0.537. The van der Waals surface area contributed by atoms with E-state index >= 15 is 0 Å². The molecule has 0 aliphatic carbocycles. The maximum atomic E-state index is 10.7. The average Bonchev–Trinajstić information content (AvgIpc) is 2.26. The Morgan fingerprint density at radius 2 is 2.33 bits per heavy atom. The molecule has 0 fully saturated rings. The second-order valence-electron chi connectivity index (χ2n) is 3.40. The van der Waals surface area contributed by atoms with Gasteiger partial charge in [0.25, 0.3) is 0 Å². The van der Waals surface area contributed by atoms with Crippen molar-refractivity contribution in [3.63, 3.8) is 0 Å². The van der Waals surface area contributed by atoms with E-state index in [-0.39, 0.29) is 12.5 Å². The highest BCUT2D eigenvalue weighted by Gasteiger charge is 2.06. The van der Waals surface area contributed by atoms with E-state index in [1.807, 2.05) is 6.92 Å². The molecule has 3 nitrogen and oxygen atoms in total. The first kappa shape index (κ1) is 12.0. The first-order valence-electron chi connectivity index (χ1n) is 4.65. The van der Waals surface area contributed by atoms with Crippen LogP contribution in [0.4, 0.5) is 0 Å². The van der Waals surface area contributed by atoms with Gasteiger partial charge in [-0.2, -0.15) is 0 Å². The molecule has 0 aliphatic rings. The molecule has 0 bridgehead atoms. The molecular formula is C11H13ClO3. The van der Waals surface area contributed by atoms with Crippen molar-refractivity contribution in [3.8, 4) is 5.75 Å². The number of aldehydes is 1. The Morgan fingerprint density at radius 3 is 2.93 bits per heavy atom. The third-order valence-corrected chi connectivity index (χ3v) is 2.17. The smallest absolute Gasteiger partial charge is 0.153 e. The Kier molecular flexibility index (Phi) is 4.59. The van der Waals surface area contributed by atoms with Gasteiger partial charge in [-0.1, -0.05) is 18.5 Å². The highest BCUT2D eigenvalue weighted by atomic mass is 35.5. The van der Waals surface area contributed by atoms with E-state index in [9.17, 15) is 4.79 Å². The van der Waals surface area contributed by atoms with Crippen LogP contribution in [0.25, 0.3) is 0 Å². The first-order chi connectivity index (χ1) is 7.17. The summed E-state index contributed by atoms with van der Waals surface area (Å²) in [5.41, 5.74) is 0.424. The van der Waals surface area contributed by atoms with Crippen LogP contribution in [0, 0.1) is 5.92 Å². The van der Waals surface area contributed by atoms with E-state index in [2.05, 4.69) is 0 Å². The van der Waals surface area contributed by atoms with Crippen molar-refractivity contribution >= 4 is 17.9 Å². The number of hydrogen-bond acceptors (Lipinski definition) is 3. The second-order valence-corrected chi connectivity index (χ2v) is 3.84. The van der Waals surface area contributed by atoms with Crippen LogP contribution < -0.4 is 4.74 Å². The minimum Gasteiger partial charge on any atom is -0.492 e. The number of carbonyl (C=O) groups excluding carboxylic acids is 1. The summed E-state index contributed by atoms with van der Waals surface area (Å²) in [5, 5.41) is 9.31. The van der Waals surface area contributed by atoms with Crippen molar-refractivity contribution in [2.75, 3.05) is 13.2 Å². The zero-order chi connectivity index (χ0) is 11.3. The molecule has 4 heteroatoms. The summed E-state index contributed by atoms with van der Waals surface area (Å²) in [6.07, 6.45) is 0.699. The number of rotatable bonds is 5. The molecular weight excluding hydrogens is 216 g/mol. The molecule has 0 unspecified atom stereocenters. The van der Waals surface area contributed by atoms with Crippen molar-refractivity contribution in [3.05, 3.63) is 28.8 Å². The highest BCUT2D eigenvalue weighted by molar-refractivity contribution is 6.30. The van der Waals surface area contributed by atoms with Gasteiger partial charge in [-0.25, -0.2) is 0 Å². The lowest BCUT2D eigenvalue weighted by Crippen LogP contribution is -2.12. The Balaban J connectivity index is 2.72. The fourth-order valence-electron chi connectivity index (χ4n) is 1.03. The zero-order valence-electron chi connectivity index (χ0n) is 8.44. The predicted molar refractivity (Wildman–Crippen MR) is 58.6 cm³/mol. The van der Waals surface area contributed by atoms with E-state index in [0.29, 0.717) is 29.2 Å². The summed E-state index contributed by atoms with van der Waals surface area (Å²) < 4.78 is 5.39. The number of halogens is 1. The predicted octanol–water partition coefficient (Wildman–Crippen LogP) is 2.16. The summed E-state index contributed by atoms with van der Waals surface area (Å²) >= 11 is 5.73. The summed E-state index contributed by atoms with van der Waals surface area (Å²) in [6, 6.07) is 4.86. The van der Waals surface area contributed by atoms with Crippen LogP contribution in [0.3, 0.4) is 0 Å². The number of hydrogen-bond donors (Lipinski definition) is 1. The average molecular weight is 229 g/mol. The van der Waals surface area contributed by atoms with Crippen LogP contribution in [0.15, 0.2) is 18.2 Å². The molecule has 0 aromatic heterocycles. The number of ether oxygens (including phenoxy) is 1. The van der Waals surface area contributed by atoms with E-state index in [1.165, 1.54) is 0 Å². The lowest BCUT2D eigenvalue weighted by atomic mass is 10.2. The zero-order valence-corrected chi connectivity index (χ0v) is 9.20. The van der Waals surface area contributed by atoms with Gasteiger partial charge in [0.1, 0.15) is 5.75 Å². The fraction of sp³-hybridized carbons (Fsp3) is 0.364. The molecule has 1 atom stereocenters. The molecule has 82 valence electrons. The SMILES string of the molecule is C[C@H](CO)COc1ccc(Cl)cc1C=O. The minimum atomic E-state index is 0.0418. The van der Waals surface area contributed by atoms with Crippen LogP contribution in [0.2, 0.25) is 5.02 Å². The third-order valence-electron chi connectivity index (χ3n) is 1.93. The standard InChI is InChI=1S/C11H13ClO3/c1-8(5-13)7-15-11-3-2-10(12)4-9(11)6-14/h2-4,6,8,13H,5,7H2,1H3/t8-/m1/s1. The Hall–Kier alpha value is -1.06. The van der Waals surface area contributed by atoms with Crippen LogP contribution >= 0.6 is 11.6 Å². The quantitative estimate of drug-likeness (QED) is 0.786. The maximum absolute atomic E-state index is 10.7. The van der Waals surface area contributed by atoms with Crippen molar-refractivity contribution in [1.29, 1.82) is 0 Å². The van der Waals surface area contributed by atoms with Gasteiger partial charge in [-0.05, 0) is 18.2 Å². The normalized spacial score (nSPS) is 12.2. The molecule has 0 aliphatic heterocycles. The van der Waals surface area contributed by atoms with Gasteiger partial charge in [0.05, 0.1) is 12.2 Å². The molecule has 0 radical (unpaired) electrons. The molecule has 0 saturated heterocycles. The van der Waals surface area contributed by atoms with Crippen LogP contribution in [-0.4, -0.2) is 24.6 Å². The van der Waals surface area contributed by atoms with Gasteiger partial charge in [-0.15, -0.1) is 0 Å². The molecule has 1 aromatic carbocycles. The first-order valence-corrected chi connectivity index (χ1v) is 5.03. The van der Waals surface area contributed by atoms with Gasteiger partial charge in [0, 0.05) is 17.5 Å². The Labute approximate surface area is 93.6 Å². The molecule has 1 aromatic rings. The number of carbonyl (C=O) groups is 1. The summed E-state index contributed by atoms with van der Waals surface area (Å²) in [7, 11) is 0. The van der Waals surface area contributed by atoms with Crippen molar-refractivity contribution in [2.24, 2.45) is 5.92 Å². The largest absolute Gasteiger partial charge is 0.492 e. The fourth-order valence-corrected chi connectivity index (χ4v) is 1.21. The third kappa shape index (κ3) is 3.53. The summed E-state index contributed by atoms with van der Waals surface area (Å²) in [4.78, 5) is 10.7. The molecule has 0 amide bonds.